The summed E-state index contributed by atoms with van der Waals surface area (Å²) in [5.74, 6) is -0.0241. The van der Waals surface area contributed by atoms with Crippen molar-refractivity contribution in [2.75, 3.05) is 13.1 Å². The Morgan fingerprint density at radius 2 is 2.11 bits per heavy atom. The van der Waals surface area contributed by atoms with Gasteiger partial charge in [-0.2, -0.15) is 13.2 Å². The number of benzene rings is 1. The van der Waals surface area contributed by atoms with Crippen LogP contribution in [0.15, 0.2) is 24.5 Å². The Bertz CT molecular complexity index is 968. The van der Waals surface area contributed by atoms with Gasteiger partial charge in [0.1, 0.15) is 11.8 Å². The highest BCUT2D eigenvalue weighted by Crippen LogP contribution is 2.32. The number of piperidine rings is 1. The predicted octanol–water partition coefficient (Wildman–Crippen LogP) is 1.69. The average Bonchev–Trinajstić information content (AvgIpc) is 3.34. The highest BCUT2D eigenvalue weighted by atomic mass is 19.4. The van der Waals surface area contributed by atoms with Crippen molar-refractivity contribution >= 4 is 16.9 Å². The molecule has 1 aliphatic heterocycles. The molecule has 3 aromatic rings. The summed E-state index contributed by atoms with van der Waals surface area (Å²) in [5, 5.41) is 18.7. The standard InChI is InChI=1S/C16H17F3N8O/c17-16(18,19)11-3-4-14-13(8-11)21-23-27(14)12-2-1-6-25(9-12)15(28)5-7-26-10-20-22-24-26/h3-4,8,10,12H,1-2,5-7,9H2/t12-/m1/s1. The minimum Gasteiger partial charge on any atom is -0.340 e. The van der Waals surface area contributed by atoms with Gasteiger partial charge in [0.05, 0.1) is 23.7 Å². The van der Waals surface area contributed by atoms with Gasteiger partial charge in [0, 0.05) is 19.5 Å². The van der Waals surface area contributed by atoms with Crippen LogP contribution in [-0.4, -0.2) is 59.1 Å². The molecule has 0 aliphatic carbocycles. The Kier molecular flexibility index (Phi) is 4.69. The molecule has 4 rings (SSSR count). The number of aromatic nitrogens is 7. The van der Waals surface area contributed by atoms with Crippen molar-refractivity contribution in [3.05, 3.63) is 30.1 Å². The minimum absolute atomic E-state index is 0.0241. The number of alkyl halides is 3. The topological polar surface area (TPSA) is 94.6 Å². The molecule has 3 heterocycles. The van der Waals surface area contributed by atoms with Crippen LogP contribution in [0, 0.1) is 0 Å². The SMILES string of the molecule is O=C(CCn1cnnn1)N1CCC[C@@H](n2nnc3cc(C(F)(F)F)ccc32)C1. The highest BCUT2D eigenvalue weighted by molar-refractivity contribution is 5.77. The fourth-order valence-electron chi connectivity index (χ4n) is 3.42. The van der Waals surface area contributed by atoms with Crippen LogP contribution in [0.3, 0.4) is 0 Å². The Morgan fingerprint density at radius 3 is 2.86 bits per heavy atom. The molecule has 0 saturated carbocycles. The molecule has 0 radical (unpaired) electrons. The summed E-state index contributed by atoms with van der Waals surface area (Å²) in [6, 6.07) is 3.28. The molecule has 1 atom stereocenters. The molecular weight excluding hydrogens is 377 g/mol. The molecule has 0 unspecified atom stereocenters. The van der Waals surface area contributed by atoms with Crippen LogP contribution >= 0.6 is 0 Å². The number of carbonyl (C=O) groups is 1. The van der Waals surface area contributed by atoms with Crippen molar-refractivity contribution in [3.8, 4) is 0 Å². The van der Waals surface area contributed by atoms with Gasteiger partial charge in [-0.15, -0.1) is 10.2 Å². The largest absolute Gasteiger partial charge is 0.416 e. The Balaban J connectivity index is 1.47. The second-order valence-electron chi connectivity index (χ2n) is 6.69. The lowest BCUT2D eigenvalue weighted by molar-refractivity contribution is -0.137. The van der Waals surface area contributed by atoms with E-state index in [2.05, 4.69) is 25.8 Å². The zero-order valence-corrected chi connectivity index (χ0v) is 14.7. The number of hydrogen-bond acceptors (Lipinski definition) is 6. The lowest BCUT2D eigenvalue weighted by Gasteiger charge is -2.33. The van der Waals surface area contributed by atoms with Crippen molar-refractivity contribution in [1.82, 2.24) is 40.1 Å². The molecular formula is C16H17F3N8O. The van der Waals surface area contributed by atoms with Crippen LogP contribution in [0.25, 0.3) is 11.0 Å². The molecule has 0 spiro atoms. The maximum Gasteiger partial charge on any atom is 0.416 e. The summed E-state index contributed by atoms with van der Waals surface area (Å²) in [4.78, 5) is 14.2. The van der Waals surface area contributed by atoms with E-state index in [1.165, 1.54) is 17.1 Å². The van der Waals surface area contributed by atoms with Gasteiger partial charge in [-0.25, -0.2) is 9.36 Å². The molecule has 1 aromatic carbocycles. The zero-order chi connectivity index (χ0) is 19.7. The summed E-state index contributed by atoms with van der Waals surface area (Å²) in [6.07, 6.45) is -1.15. The summed E-state index contributed by atoms with van der Waals surface area (Å²) in [7, 11) is 0. The fourth-order valence-corrected chi connectivity index (χ4v) is 3.42. The fraction of sp³-hybridized carbons (Fsp3) is 0.500. The molecule has 148 valence electrons. The monoisotopic (exact) mass is 394 g/mol. The Labute approximate surface area is 157 Å². The number of rotatable bonds is 4. The van der Waals surface area contributed by atoms with E-state index in [4.69, 9.17) is 0 Å². The van der Waals surface area contributed by atoms with E-state index < -0.39 is 11.7 Å². The third kappa shape index (κ3) is 3.66. The lowest BCUT2D eigenvalue weighted by Crippen LogP contribution is -2.41. The number of halogens is 3. The van der Waals surface area contributed by atoms with Gasteiger partial charge < -0.3 is 4.90 Å². The first-order valence-electron chi connectivity index (χ1n) is 8.82. The Morgan fingerprint density at radius 1 is 1.25 bits per heavy atom. The smallest absolute Gasteiger partial charge is 0.340 e. The van der Waals surface area contributed by atoms with E-state index in [-0.39, 0.29) is 23.9 Å². The lowest BCUT2D eigenvalue weighted by atomic mass is 10.0. The third-order valence-electron chi connectivity index (χ3n) is 4.84. The molecule has 12 heteroatoms. The number of likely N-dealkylation sites (tertiary alicyclic amines) is 1. The van der Waals surface area contributed by atoms with Crippen molar-refractivity contribution < 1.29 is 18.0 Å². The highest BCUT2D eigenvalue weighted by Gasteiger charge is 2.32. The first-order chi connectivity index (χ1) is 13.4. The first-order valence-corrected chi connectivity index (χ1v) is 8.82. The van der Waals surface area contributed by atoms with Gasteiger partial charge in [0.2, 0.25) is 5.91 Å². The Hall–Kier alpha value is -3.05. The van der Waals surface area contributed by atoms with Crippen molar-refractivity contribution in [3.63, 3.8) is 0 Å². The molecule has 0 N–H and O–H groups in total. The van der Waals surface area contributed by atoms with Crippen molar-refractivity contribution in [1.29, 1.82) is 0 Å². The van der Waals surface area contributed by atoms with Gasteiger partial charge in [-0.3, -0.25) is 4.79 Å². The number of carbonyl (C=O) groups excluding carboxylic acids is 1. The van der Waals surface area contributed by atoms with Crippen LogP contribution in [0.2, 0.25) is 0 Å². The molecule has 1 saturated heterocycles. The molecule has 28 heavy (non-hydrogen) atoms. The van der Waals surface area contributed by atoms with E-state index >= 15 is 0 Å². The molecule has 1 fully saturated rings. The quantitative estimate of drug-likeness (QED) is 0.668. The van der Waals surface area contributed by atoms with Gasteiger partial charge in [0.15, 0.2) is 0 Å². The summed E-state index contributed by atoms with van der Waals surface area (Å²) < 4.78 is 41.7. The molecule has 0 bridgehead atoms. The number of hydrogen-bond donors (Lipinski definition) is 0. The second-order valence-corrected chi connectivity index (χ2v) is 6.69. The van der Waals surface area contributed by atoms with Crippen LogP contribution in [0.4, 0.5) is 13.2 Å². The van der Waals surface area contributed by atoms with Crippen LogP contribution in [-0.2, 0) is 17.5 Å². The van der Waals surface area contributed by atoms with E-state index in [0.717, 1.165) is 25.0 Å². The number of nitrogens with zero attached hydrogens (tertiary/aromatic N) is 8. The molecule has 2 aromatic heterocycles. The molecule has 9 nitrogen and oxygen atoms in total. The van der Waals surface area contributed by atoms with E-state index in [0.29, 0.717) is 25.2 Å². The van der Waals surface area contributed by atoms with E-state index in [9.17, 15) is 18.0 Å². The van der Waals surface area contributed by atoms with Crippen LogP contribution in [0.5, 0.6) is 0 Å². The minimum atomic E-state index is -4.42. The van der Waals surface area contributed by atoms with Crippen molar-refractivity contribution in [2.45, 2.75) is 38.0 Å². The van der Waals surface area contributed by atoms with Crippen LogP contribution < -0.4 is 0 Å². The molecule has 1 aliphatic rings. The number of fused-ring (bicyclic) bond motifs is 1. The number of aryl methyl sites for hydroxylation is 1. The van der Waals surface area contributed by atoms with Crippen LogP contribution in [0.1, 0.15) is 30.9 Å². The summed E-state index contributed by atoms with van der Waals surface area (Å²) in [5.41, 5.74) is -0.0342. The predicted molar refractivity (Wildman–Crippen MR) is 89.8 cm³/mol. The van der Waals surface area contributed by atoms with Gasteiger partial charge in [-0.1, -0.05) is 5.21 Å². The maximum absolute atomic E-state index is 12.9. The third-order valence-corrected chi connectivity index (χ3v) is 4.84. The first kappa shape index (κ1) is 18.3. The number of amides is 1. The number of tetrazole rings is 1. The van der Waals surface area contributed by atoms with Gasteiger partial charge >= 0.3 is 6.18 Å². The maximum atomic E-state index is 12.9. The van der Waals surface area contributed by atoms with Gasteiger partial charge in [0.25, 0.3) is 0 Å². The summed E-state index contributed by atoms with van der Waals surface area (Å²) in [6.45, 7) is 1.46. The van der Waals surface area contributed by atoms with Crippen molar-refractivity contribution in [2.24, 2.45) is 0 Å². The summed E-state index contributed by atoms with van der Waals surface area (Å²) >= 11 is 0. The normalized spacial score (nSPS) is 18.0. The average molecular weight is 394 g/mol. The van der Waals surface area contributed by atoms with E-state index in [1.807, 2.05) is 0 Å². The second kappa shape index (κ2) is 7.17. The molecule has 1 amide bonds. The zero-order valence-electron chi connectivity index (χ0n) is 14.7. The van der Waals surface area contributed by atoms with Gasteiger partial charge in [-0.05, 0) is 41.5 Å². The van der Waals surface area contributed by atoms with E-state index in [1.54, 1.807) is 9.58 Å².